The molecule has 0 aromatic carbocycles. The number of hydrogen-bond donors (Lipinski definition) is 0. The number of hydrogen-bond acceptors (Lipinski definition) is 3. The maximum atomic E-state index is 9.16. The third kappa shape index (κ3) is 3.99. The molecule has 0 fully saturated rings. The summed E-state index contributed by atoms with van der Waals surface area (Å²) in [5, 5.41) is 19.5. The molecule has 25 heavy (non-hydrogen) atoms. The molecule has 0 aliphatic heterocycles. The standard InChI is InChI=1S/C21H19N3S/c1-21(2)12-16(11-17(13-21)18(14-22)15-23)5-6-19-7-8-20(25-19)24-9-3-4-10-24/h3-11H,12-13H2,1-2H3/b6-5+. The van der Waals surface area contributed by atoms with Crippen LogP contribution in [0.2, 0.25) is 0 Å². The number of nitriles is 2. The minimum Gasteiger partial charge on any atom is -0.316 e. The van der Waals surface area contributed by atoms with E-state index >= 15 is 0 Å². The zero-order valence-electron chi connectivity index (χ0n) is 14.4. The van der Waals surface area contributed by atoms with Crippen molar-refractivity contribution in [3.05, 3.63) is 70.4 Å². The fourth-order valence-corrected chi connectivity index (χ4v) is 4.01. The number of aromatic nitrogens is 1. The molecule has 0 radical (unpaired) electrons. The summed E-state index contributed by atoms with van der Waals surface area (Å²) in [6, 6.07) is 12.3. The van der Waals surface area contributed by atoms with Crippen LogP contribution in [0.5, 0.6) is 0 Å². The Morgan fingerprint density at radius 1 is 1.12 bits per heavy atom. The molecule has 2 aromatic heterocycles. The third-order valence-electron chi connectivity index (χ3n) is 4.19. The normalized spacial score (nSPS) is 16.3. The highest BCUT2D eigenvalue weighted by atomic mass is 32.1. The van der Waals surface area contributed by atoms with Crippen LogP contribution in [0, 0.1) is 28.1 Å². The van der Waals surface area contributed by atoms with Crippen LogP contribution >= 0.6 is 11.3 Å². The average Bonchev–Trinajstić information content (AvgIpc) is 3.24. The van der Waals surface area contributed by atoms with Gasteiger partial charge in [-0.15, -0.1) is 11.3 Å². The van der Waals surface area contributed by atoms with Gasteiger partial charge in [0.2, 0.25) is 0 Å². The molecular weight excluding hydrogens is 326 g/mol. The molecule has 3 rings (SSSR count). The number of thiophene rings is 1. The van der Waals surface area contributed by atoms with Crippen molar-refractivity contribution in [3.8, 4) is 17.1 Å². The number of rotatable bonds is 3. The Bertz CT molecular complexity index is 922. The van der Waals surface area contributed by atoms with Gasteiger partial charge in [0, 0.05) is 17.3 Å². The lowest BCUT2D eigenvalue weighted by molar-refractivity contribution is 0.354. The SMILES string of the molecule is CC1(C)CC(/C=C/c2ccc(-n3cccc3)s2)=CC(=C(C#N)C#N)C1. The van der Waals surface area contributed by atoms with E-state index in [0.29, 0.717) is 0 Å². The van der Waals surface area contributed by atoms with Gasteiger partial charge in [-0.2, -0.15) is 10.5 Å². The molecule has 0 spiro atoms. The Morgan fingerprint density at radius 2 is 1.84 bits per heavy atom. The first-order chi connectivity index (χ1) is 12.0. The first-order valence-electron chi connectivity index (χ1n) is 8.16. The van der Waals surface area contributed by atoms with Crippen molar-refractivity contribution in [2.24, 2.45) is 5.41 Å². The Hall–Kier alpha value is -2.82. The monoisotopic (exact) mass is 345 g/mol. The molecule has 0 unspecified atom stereocenters. The van der Waals surface area contributed by atoms with E-state index < -0.39 is 0 Å². The summed E-state index contributed by atoms with van der Waals surface area (Å²) in [4.78, 5) is 1.18. The van der Waals surface area contributed by atoms with Gasteiger partial charge in [0.15, 0.2) is 0 Å². The first kappa shape index (κ1) is 17.0. The summed E-state index contributed by atoms with van der Waals surface area (Å²) in [7, 11) is 0. The zero-order valence-corrected chi connectivity index (χ0v) is 15.2. The average molecular weight is 345 g/mol. The summed E-state index contributed by atoms with van der Waals surface area (Å²) in [5.41, 5.74) is 2.28. The van der Waals surface area contributed by atoms with E-state index in [1.54, 1.807) is 11.3 Å². The van der Waals surface area contributed by atoms with Crippen LogP contribution in [0.25, 0.3) is 11.1 Å². The lowest BCUT2D eigenvalue weighted by atomic mass is 9.74. The maximum Gasteiger partial charge on any atom is 0.132 e. The summed E-state index contributed by atoms with van der Waals surface area (Å²) in [6.45, 7) is 4.35. The second-order valence-electron chi connectivity index (χ2n) is 6.96. The molecular formula is C21H19N3S. The Balaban J connectivity index is 1.86. The second-order valence-corrected chi connectivity index (χ2v) is 8.05. The predicted molar refractivity (Wildman–Crippen MR) is 102 cm³/mol. The molecule has 0 N–H and O–H groups in total. The van der Waals surface area contributed by atoms with E-state index in [1.165, 1.54) is 9.88 Å². The van der Waals surface area contributed by atoms with Crippen molar-refractivity contribution in [2.75, 3.05) is 0 Å². The van der Waals surface area contributed by atoms with Gasteiger partial charge in [0.05, 0.1) is 5.00 Å². The molecule has 0 saturated heterocycles. The maximum absolute atomic E-state index is 9.16. The lowest BCUT2D eigenvalue weighted by Crippen LogP contribution is -2.17. The first-order valence-corrected chi connectivity index (χ1v) is 8.97. The zero-order chi connectivity index (χ0) is 17.9. The second kappa shape index (κ2) is 6.97. The Morgan fingerprint density at radius 3 is 2.52 bits per heavy atom. The van der Waals surface area contributed by atoms with Gasteiger partial charge in [0.25, 0.3) is 0 Å². The minimum atomic E-state index is 0.0501. The van der Waals surface area contributed by atoms with Gasteiger partial charge < -0.3 is 4.57 Å². The fourth-order valence-electron chi connectivity index (χ4n) is 3.13. The van der Waals surface area contributed by atoms with Gasteiger partial charge >= 0.3 is 0 Å². The van der Waals surface area contributed by atoms with Crippen molar-refractivity contribution in [2.45, 2.75) is 26.7 Å². The molecule has 4 heteroatoms. The highest BCUT2D eigenvalue weighted by Crippen LogP contribution is 2.39. The summed E-state index contributed by atoms with van der Waals surface area (Å²) < 4.78 is 2.10. The van der Waals surface area contributed by atoms with Gasteiger partial charge in [-0.05, 0) is 59.7 Å². The van der Waals surface area contributed by atoms with Crippen molar-refractivity contribution in [1.82, 2.24) is 4.57 Å². The van der Waals surface area contributed by atoms with E-state index in [2.05, 4.69) is 42.7 Å². The van der Waals surface area contributed by atoms with E-state index in [4.69, 9.17) is 10.5 Å². The summed E-state index contributed by atoms with van der Waals surface area (Å²) >= 11 is 1.73. The smallest absolute Gasteiger partial charge is 0.132 e. The van der Waals surface area contributed by atoms with Crippen LogP contribution in [-0.2, 0) is 0 Å². The highest BCUT2D eigenvalue weighted by molar-refractivity contribution is 7.15. The predicted octanol–water partition coefficient (Wildman–Crippen LogP) is 5.64. The third-order valence-corrected chi connectivity index (χ3v) is 5.25. The van der Waals surface area contributed by atoms with Crippen LogP contribution in [0.15, 0.2) is 65.5 Å². The van der Waals surface area contributed by atoms with Crippen LogP contribution < -0.4 is 0 Å². The summed E-state index contributed by atoms with van der Waals surface area (Å²) in [5.74, 6) is 0. The van der Waals surface area contributed by atoms with Crippen LogP contribution in [0.1, 0.15) is 31.6 Å². The molecule has 124 valence electrons. The Kier molecular flexibility index (Phi) is 4.74. The largest absolute Gasteiger partial charge is 0.316 e. The van der Waals surface area contributed by atoms with Gasteiger partial charge in [0.1, 0.15) is 17.7 Å². The topological polar surface area (TPSA) is 52.5 Å². The molecule has 0 bridgehead atoms. The van der Waals surface area contributed by atoms with Crippen molar-refractivity contribution in [3.63, 3.8) is 0 Å². The molecule has 2 aromatic rings. The molecule has 1 aliphatic rings. The van der Waals surface area contributed by atoms with E-state index in [-0.39, 0.29) is 11.0 Å². The highest BCUT2D eigenvalue weighted by Gasteiger charge is 2.26. The molecule has 1 aliphatic carbocycles. The number of nitrogens with zero attached hydrogens (tertiary/aromatic N) is 3. The van der Waals surface area contributed by atoms with Crippen LogP contribution in [0.4, 0.5) is 0 Å². The quantitative estimate of drug-likeness (QED) is 0.676. The fraction of sp³-hybridized carbons (Fsp3) is 0.238. The van der Waals surface area contributed by atoms with E-state index in [0.717, 1.165) is 24.0 Å². The van der Waals surface area contributed by atoms with Crippen LogP contribution in [-0.4, -0.2) is 4.57 Å². The molecule has 0 atom stereocenters. The van der Waals surface area contributed by atoms with Gasteiger partial charge in [-0.1, -0.05) is 26.0 Å². The van der Waals surface area contributed by atoms with Crippen LogP contribution in [0.3, 0.4) is 0 Å². The Labute approximate surface area is 152 Å². The van der Waals surface area contributed by atoms with E-state index in [9.17, 15) is 0 Å². The van der Waals surface area contributed by atoms with Crippen molar-refractivity contribution in [1.29, 1.82) is 10.5 Å². The molecule has 2 heterocycles. The van der Waals surface area contributed by atoms with Crippen molar-refractivity contribution >= 4 is 17.4 Å². The minimum absolute atomic E-state index is 0.0501. The summed E-state index contributed by atoms with van der Waals surface area (Å²) in [6.07, 6.45) is 12.0. The van der Waals surface area contributed by atoms with Gasteiger partial charge in [-0.25, -0.2) is 0 Å². The van der Waals surface area contributed by atoms with Crippen molar-refractivity contribution < 1.29 is 0 Å². The molecule has 0 saturated carbocycles. The molecule has 0 amide bonds. The lowest BCUT2D eigenvalue weighted by Gasteiger charge is -2.30. The molecule has 3 nitrogen and oxygen atoms in total. The van der Waals surface area contributed by atoms with Gasteiger partial charge in [-0.3, -0.25) is 0 Å². The van der Waals surface area contributed by atoms with E-state index in [1.807, 2.05) is 42.7 Å². The number of allylic oxidation sites excluding steroid dienone is 5.